The monoisotopic (exact) mass is 1120 g/mol. The molecule has 20 atom stereocenters. The maximum absolute atomic E-state index is 13.1. The highest BCUT2D eigenvalue weighted by molar-refractivity contribution is 7.38. The van der Waals surface area contributed by atoms with E-state index < -0.39 is 161 Å². The van der Waals surface area contributed by atoms with E-state index in [9.17, 15) is 80.0 Å². The van der Waals surface area contributed by atoms with Gasteiger partial charge in [-0.15, -0.1) is 0 Å². The Labute approximate surface area is 457 Å². The van der Waals surface area contributed by atoms with Gasteiger partial charge in [0.25, 0.3) is 5.78 Å². The van der Waals surface area contributed by atoms with Crippen molar-refractivity contribution in [2.24, 2.45) is 17.8 Å². The molecule has 0 amide bonds. The molecule has 436 valence electrons. The standard InChI is InChI=1S/C56H83N2O19P/c1-33-19-17-15-13-11-9-7-8-10-12-14-16-18-20-43(77-56-53(70)50(52(69)36(4)76-56)57-54(78(73)74)37-21-23-38(24-22-37)58(5)6)32-47(66)49(55(71)72)46(65)30-42(62)29-45(64)44(63)26-25-39(59)27-40(60)28-41(61)31-48(67)75-35(3)34(2)51(33)68/h7-24,33-36,39-41,43-47,49-54,56-57,59-61,63-66,68-70H,25-32H2,1-6H3,(H-,71,72,73,74)/p+1/b8-7+,11-9+,12-10+,15-13+,16-14+,19-17+,20-18+/t33?,34?,35?,36-,39?,40?,41?,43?,44?,45?,46?,47?,49?,50-,51?,52-,53+,54?,56-/m0/s1. The number of carboxylic acids is 1. The molecule has 2 aliphatic heterocycles. The second kappa shape index (κ2) is 34.5. The van der Waals surface area contributed by atoms with Gasteiger partial charge in [0.1, 0.15) is 23.9 Å². The summed E-state index contributed by atoms with van der Waals surface area (Å²) in [6.45, 7) is 6.64. The zero-order valence-electron chi connectivity index (χ0n) is 45.1. The number of esters is 1. The third-order valence-corrected chi connectivity index (χ3v) is 14.6. The summed E-state index contributed by atoms with van der Waals surface area (Å²) in [7, 11) is 0.670. The Morgan fingerprint density at radius 1 is 0.641 bits per heavy atom. The zero-order valence-corrected chi connectivity index (χ0v) is 46.0. The molecule has 0 spiro atoms. The molecule has 1 saturated heterocycles. The van der Waals surface area contributed by atoms with Crippen LogP contribution in [0.1, 0.15) is 90.4 Å². The number of hydrogen-bond acceptors (Lipinski definition) is 19. The van der Waals surface area contributed by atoms with Crippen molar-refractivity contribution in [3.8, 4) is 0 Å². The highest BCUT2D eigenvalue weighted by atomic mass is 31.1. The fraction of sp³-hybridized carbons (Fsp3) is 0.589. The molecule has 0 aromatic heterocycles. The number of ether oxygens (including phenoxy) is 3. The van der Waals surface area contributed by atoms with E-state index in [0.717, 1.165) is 5.69 Å². The molecule has 21 nitrogen and oxygen atoms in total. The van der Waals surface area contributed by atoms with Gasteiger partial charge in [-0.2, -0.15) is 4.89 Å². The predicted molar refractivity (Wildman–Crippen MR) is 290 cm³/mol. The Balaban J connectivity index is 1.89. The average molecular weight is 1120 g/mol. The van der Waals surface area contributed by atoms with Crippen molar-refractivity contribution in [3.05, 3.63) is 115 Å². The van der Waals surface area contributed by atoms with Crippen molar-refractivity contribution in [1.82, 2.24) is 5.32 Å². The Morgan fingerprint density at radius 3 is 1.73 bits per heavy atom. The second-order valence-corrected chi connectivity index (χ2v) is 21.5. The Kier molecular flexibility index (Phi) is 29.9. The molecule has 0 bridgehead atoms. The van der Waals surface area contributed by atoms with Gasteiger partial charge < -0.3 is 75.3 Å². The number of allylic oxidation sites excluding steroid dienone is 12. The number of nitrogens with one attached hydrogen (secondary N) is 1. The highest BCUT2D eigenvalue weighted by Crippen LogP contribution is 2.38. The lowest BCUT2D eigenvalue weighted by atomic mass is 9.88. The van der Waals surface area contributed by atoms with Crippen LogP contribution in [-0.2, 0) is 33.2 Å². The minimum absolute atomic E-state index is 0.173. The van der Waals surface area contributed by atoms with E-state index in [0.29, 0.717) is 5.56 Å². The first-order valence-electron chi connectivity index (χ1n) is 26.2. The number of benzene rings is 1. The first kappa shape index (κ1) is 67.6. The van der Waals surface area contributed by atoms with E-state index in [-0.39, 0.29) is 31.6 Å². The van der Waals surface area contributed by atoms with Crippen LogP contribution in [0, 0.1) is 17.8 Å². The number of ketones is 1. The van der Waals surface area contributed by atoms with E-state index in [1.54, 1.807) is 111 Å². The van der Waals surface area contributed by atoms with Gasteiger partial charge in [0.15, 0.2) is 6.29 Å². The maximum Gasteiger partial charge on any atom is 0.529 e. The third-order valence-electron chi connectivity index (χ3n) is 13.7. The molecule has 2 aliphatic rings. The number of hydrogen-bond donors (Lipinski definition) is 13. The van der Waals surface area contributed by atoms with E-state index in [1.165, 1.54) is 19.1 Å². The number of Topliss-reactive ketones (excluding diaryl/α,β-unsaturated/α-hetero) is 1. The molecule has 22 heteroatoms. The zero-order chi connectivity index (χ0) is 58.2. The van der Waals surface area contributed by atoms with Gasteiger partial charge in [-0.25, -0.2) is 0 Å². The van der Waals surface area contributed by atoms with Gasteiger partial charge in [0.2, 0.25) is 0 Å². The van der Waals surface area contributed by atoms with Crippen molar-refractivity contribution in [2.45, 2.75) is 177 Å². The smallest absolute Gasteiger partial charge is 0.481 e. The van der Waals surface area contributed by atoms with Crippen LogP contribution in [-0.4, -0.2) is 185 Å². The molecular weight excluding hydrogens is 1040 g/mol. The summed E-state index contributed by atoms with van der Waals surface area (Å²) < 4.78 is 30.2. The normalized spacial score (nSPS) is 38.1. The molecule has 1 aromatic carbocycles. The Morgan fingerprint density at radius 2 is 1.18 bits per heavy atom. The van der Waals surface area contributed by atoms with Crippen molar-refractivity contribution < 1.29 is 94.2 Å². The number of aliphatic hydroxyl groups excluding tert-OH is 10. The summed E-state index contributed by atoms with van der Waals surface area (Å²) in [4.78, 5) is 50.6. The van der Waals surface area contributed by atoms with Crippen LogP contribution >= 0.6 is 8.03 Å². The molecule has 0 radical (unpaired) electrons. The van der Waals surface area contributed by atoms with Crippen LogP contribution < -0.4 is 10.2 Å². The number of cyclic esters (lactones) is 1. The second-order valence-electron chi connectivity index (χ2n) is 20.4. The van der Waals surface area contributed by atoms with Gasteiger partial charge in [0, 0.05) is 56.4 Å². The Bertz CT molecular complexity index is 2220. The molecule has 78 heavy (non-hydrogen) atoms. The van der Waals surface area contributed by atoms with E-state index in [1.807, 2.05) is 25.9 Å². The summed E-state index contributed by atoms with van der Waals surface area (Å²) in [6, 6.07) is 5.38. The van der Waals surface area contributed by atoms with Crippen LogP contribution in [0.4, 0.5) is 5.69 Å². The van der Waals surface area contributed by atoms with Crippen LogP contribution in [0.15, 0.2) is 109 Å². The first-order chi connectivity index (χ1) is 36.8. The summed E-state index contributed by atoms with van der Waals surface area (Å²) in [5.41, 5.74) is 1.19. The lowest BCUT2D eigenvalue weighted by Crippen LogP contribution is -2.63. The molecule has 13 N–H and O–H groups in total. The van der Waals surface area contributed by atoms with Crippen LogP contribution in [0.3, 0.4) is 0 Å². The summed E-state index contributed by atoms with van der Waals surface area (Å²) in [5.74, 6) is -7.42. The van der Waals surface area contributed by atoms with Gasteiger partial charge in [-0.05, 0) is 56.2 Å². The number of carboxylic acid groups (broad SMARTS) is 1. The molecular formula is C56H84N2O19P+. The van der Waals surface area contributed by atoms with Gasteiger partial charge in [0.05, 0.1) is 79.6 Å². The highest BCUT2D eigenvalue weighted by Gasteiger charge is 2.48. The van der Waals surface area contributed by atoms with Gasteiger partial charge >= 0.3 is 20.0 Å². The van der Waals surface area contributed by atoms with Gasteiger partial charge in [-0.1, -0.05) is 111 Å². The number of aliphatic carboxylic acids is 1. The topological polar surface area (TPSA) is 354 Å². The fourth-order valence-corrected chi connectivity index (χ4v) is 9.61. The summed E-state index contributed by atoms with van der Waals surface area (Å²) >= 11 is 0. The largest absolute Gasteiger partial charge is 0.529 e. The van der Waals surface area contributed by atoms with Crippen LogP contribution in [0.2, 0.25) is 0 Å². The molecule has 3 rings (SSSR count). The maximum atomic E-state index is 13.1. The molecule has 15 unspecified atom stereocenters. The summed E-state index contributed by atoms with van der Waals surface area (Å²) in [5, 5.41) is 122. The van der Waals surface area contributed by atoms with E-state index in [4.69, 9.17) is 14.2 Å². The SMILES string of the molecule is CC1/C=C/C=C/C=C/C=C/C=C/C=C/C=C/C(O[C@@H]2O[C@@H](C)[C@H](O)[C@H](NC(c3ccc(N(C)C)cc3)[P+](=O)O)[C@H]2O)CC(O)C(C(=O)O)C(O)CC(=O)CC(O)C(O)CCC(O)CC(O)CC(O)CC(=O)OC(C)C(C)C1O. The number of rotatable bonds is 8. The van der Waals surface area contributed by atoms with Gasteiger partial charge in [-0.3, -0.25) is 19.7 Å². The molecule has 2 heterocycles. The number of nitrogens with zero attached hydrogens (tertiary/aromatic N) is 1. The van der Waals surface area contributed by atoms with Crippen molar-refractivity contribution in [3.63, 3.8) is 0 Å². The summed E-state index contributed by atoms with van der Waals surface area (Å²) in [6.07, 6.45) is 0.217. The van der Waals surface area contributed by atoms with Crippen LogP contribution in [0.25, 0.3) is 0 Å². The van der Waals surface area contributed by atoms with Crippen molar-refractivity contribution in [2.75, 3.05) is 19.0 Å². The van der Waals surface area contributed by atoms with Crippen molar-refractivity contribution in [1.29, 1.82) is 0 Å². The quantitative estimate of drug-likeness (QED) is 0.131. The predicted octanol–water partition coefficient (Wildman–Crippen LogP) is 2.68. The van der Waals surface area contributed by atoms with Crippen LogP contribution in [0.5, 0.6) is 0 Å². The third kappa shape index (κ3) is 23.2. The lowest BCUT2D eigenvalue weighted by Gasteiger charge is -2.43. The van der Waals surface area contributed by atoms with E-state index >= 15 is 0 Å². The average Bonchev–Trinajstić information content (AvgIpc) is 3.36. The number of carbonyl (C=O) groups excluding carboxylic acids is 2. The molecule has 1 fully saturated rings. The first-order valence-corrected chi connectivity index (χ1v) is 27.5. The number of carbonyl (C=O) groups is 3. The minimum atomic E-state index is -2.98. The molecule has 0 saturated carbocycles. The Hall–Kier alpha value is -4.65. The number of anilines is 1. The molecule has 1 aromatic rings. The fourth-order valence-electron chi connectivity index (χ4n) is 8.88. The van der Waals surface area contributed by atoms with Crippen molar-refractivity contribution >= 4 is 31.4 Å². The minimum Gasteiger partial charge on any atom is -0.481 e. The van der Waals surface area contributed by atoms with E-state index in [2.05, 4.69) is 5.32 Å². The molecule has 0 aliphatic carbocycles. The lowest BCUT2D eigenvalue weighted by molar-refractivity contribution is -0.281. The number of aliphatic hydroxyl groups is 10.